The number of hydrogen-bond donors (Lipinski definition) is 3. The molecule has 5 nitrogen and oxygen atoms in total. The van der Waals surface area contributed by atoms with E-state index in [1.54, 1.807) is 12.1 Å². The average Bonchev–Trinajstić information content (AvgIpc) is 2.45. The van der Waals surface area contributed by atoms with Crippen molar-refractivity contribution in [2.45, 2.75) is 30.8 Å². The predicted molar refractivity (Wildman–Crippen MR) is 82.9 cm³/mol. The van der Waals surface area contributed by atoms with Crippen LogP contribution in [0.5, 0.6) is 0 Å². The molecular weight excluding hydrogens is 290 g/mol. The molecule has 0 aliphatic heterocycles. The van der Waals surface area contributed by atoms with Gasteiger partial charge in [0.2, 0.25) is 0 Å². The molecule has 0 saturated heterocycles. The zero-order chi connectivity index (χ0) is 15.9. The summed E-state index contributed by atoms with van der Waals surface area (Å²) in [5, 5.41) is 22.1. The predicted octanol–water partition coefficient (Wildman–Crippen LogP) is 1.12. The van der Waals surface area contributed by atoms with Crippen LogP contribution in [0.1, 0.15) is 31.4 Å². The highest BCUT2D eigenvalue weighted by Crippen LogP contribution is 2.16. The van der Waals surface area contributed by atoms with Crippen LogP contribution in [0.4, 0.5) is 0 Å². The summed E-state index contributed by atoms with van der Waals surface area (Å²) in [6.07, 6.45) is 2.39. The topological polar surface area (TPSA) is 86.6 Å². The van der Waals surface area contributed by atoms with Crippen molar-refractivity contribution in [1.29, 1.82) is 0 Å². The molecule has 21 heavy (non-hydrogen) atoms. The van der Waals surface area contributed by atoms with E-state index in [1.807, 2.05) is 6.92 Å². The van der Waals surface area contributed by atoms with E-state index in [-0.39, 0.29) is 11.5 Å². The van der Waals surface area contributed by atoms with Crippen molar-refractivity contribution in [3.05, 3.63) is 29.8 Å². The van der Waals surface area contributed by atoms with E-state index < -0.39 is 15.9 Å². The molecule has 0 bridgehead atoms. The lowest BCUT2D eigenvalue weighted by atomic mass is 10.1. The number of hydrogen-bond acceptors (Lipinski definition) is 5. The summed E-state index contributed by atoms with van der Waals surface area (Å²) in [4.78, 5) is 0.254. The molecule has 0 radical (unpaired) electrons. The Balaban J connectivity index is 2.37. The monoisotopic (exact) mass is 315 g/mol. The average molecular weight is 315 g/mol. The molecule has 0 aromatic heterocycles. The third-order valence-electron chi connectivity index (χ3n) is 3.39. The molecule has 1 aromatic rings. The summed E-state index contributed by atoms with van der Waals surface area (Å²) in [5.41, 5.74) is 0.693. The Morgan fingerprint density at radius 2 is 1.86 bits per heavy atom. The van der Waals surface area contributed by atoms with E-state index in [1.165, 1.54) is 12.1 Å². The quantitative estimate of drug-likeness (QED) is 0.595. The Hall–Kier alpha value is -0.950. The highest BCUT2D eigenvalue weighted by atomic mass is 32.2. The van der Waals surface area contributed by atoms with Crippen molar-refractivity contribution in [3.63, 3.8) is 0 Å². The largest absolute Gasteiger partial charge is 0.396 e. The van der Waals surface area contributed by atoms with Crippen molar-refractivity contribution in [2.75, 3.05) is 26.0 Å². The summed E-state index contributed by atoms with van der Waals surface area (Å²) < 4.78 is 22.7. The molecule has 0 saturated carbocycles. The third kappa shape index (κ3) is 6.56. The van der Waals surface area contributed by atoms with Gasteiger partial charge in [-0.1, -0.05) is 19.1 Å². The normalized spacial score (nSPS) is 14.9. The van der Waals surface area contributed by atoms with Crippen LogP contribution < -0.4 is 5.32 Å². The lowest BCUT2D eigenvalue weighted by molar-refractivity contribution is 0.173. The zero-order valence-corrected chi connectivity index (χ0v) is 13.4. The van der Waals surface area contributed by atoms with E-state index in [2.05, 4.69) is 5.32 Å². The van der Waals surface area contributed by atoms with Crippen LogP contribution in [0, 0.1) is 5.92 Å². The molecule has 3 N–H and O–H groups in total. The Kier molecular flexibility index (Phi) is 7.31. The maximum Gasteiger partial charge on any atom is 0.175 e. The minimum absolute atomic E-state index is 0.204. The van der Waals surface area contributed by atoms with Gasteiger partial charge in [0.25, 0.3) is 0 Å². The molecule has 0 amide bonds. The first-order chi connectivity index (χ1) is 9.84. The Labute approximate surface area is 126 Å². The van der Waals surface area contributed by atoms with E-state index in [0.29, 0.717) is 18.0 Å². The number of aliphatic hydroxyl groups is 2. The fraction of sp³-hybridized carbons (Fsp3) is 0.600. The van der Waals surface area contributed by atoms with E-state index in [0.717, 1.165) is 25.6 Å². The maximum atomic E-state index is 11.3. The van der Waals surface area contributed by atoms with Gasteiger partial charge < -0.3 is 15.5 Å². The number of sulfone groups is 1. The Morgan fingerprint density at radius 3 is 2.38 bits per heavy atom. The first-order valence-electron chi connectivity index (χ1n) is 7.14. The van der Waals surface area contributed by atoms with Crippen molar-refractivity contribution >= 4 is 9.84 Å². The van der Waals surface area contributed by atoms with Crippen LogP contribution in [0.15, 0.2) is 29.2 Å². The molecule has 0 aliphatic carbocycles. The van der Waals surface area contributed by atoms with Gasteiger partial charge in [-0.25, -0.2) is 8.42 Å². The molecular formula is C15H25NO4S. The standard InChI is InChI=1S/C15H25NO4S/c1-12(11-17)4-3-9-16-10-15(18)13-5-7-14(8-6-13)21(2,19)20/h5-8,12,15-18H,3-4,9-11H2,1-2H3. The fourth-order valence-electron chi connectivity index (χ4n) is 1.96. The first kappa shape index (κ1) is 18.1. The maximum absolute atomic E-state index is 11.3. The summed E-state index contributed by atoms with van der Waals surface area (Å²) in [6, 6.07) is 6.29. The summed E-state index contributed by atoms with van der Waals surface area (Å²) in [6.45, 7) is 3.40. The summed E-state index contributed by atoms with van der Waals surface area (Å²) in [7, 11) is -3.20. The molecule has 2 unspecified atom stereocenters. The minimum atomic E-state index is -3.20. The molecule has 6 heteroatoms. The zero-order valence-electron chi connectivity index (χ0n) is 12.6. The molecule has 0 fully saturated rings. The van der Waals surface area contributed by atoms with Crippen molar-refractivity contribution < 1.29 is 18.6 Å². The van der Waals surface area contributed by atoms with Crippen LogP contribution in [0.25, 0.3) is 0 Å². The molecule has 0 heterocycles. The van der Waals surface area contributed by atoms with Gasteiger partial charge >= 0.3 is 0 Å². The molecule has 2 atom stereocenters. The van der Waals surface area contributed by atoms with E-state index >= 15 is 0 Å². The molecule has 1 aromatic carbocycles. The van der Waals surface area contributed by atoms with Crippen molar-refractivity contribution in [1.82, 2.24) is 5.32 Å². The second-order valence-corrected chi connectivity index (χ2v) is 7.51. The first-order valence-corrected chi connectivity index (χ1v) is 9.03. The van der Waals surface area contributed by atoms with Gasteiger partial charge in [0, 0.05) is 19.4 Å². The fourth-order valence-corrected chi connectivity index (χ4v) is 2.59. The van der Waals surface area contributed by atoms with Gasteiger partial charge in [-0.05, 0) is 43.0 Å². The minimum Gasteiger partial charge on any atom is -0.396 e. The highest BCUT2D eigenvalue weighted by molar-refractivity contribution is 7.90. The van der Waals surface area contributed by atoms with Crippen LogP contribution in [0.2, 0.25) is 0 Å². The smallest absolute Gasteiger partial charge is 0.175 e. The number of nitrogens with one attached hydrogen (secondary N) is 1. The number of aliphatic hydroxyl groups excluding tert-OH is 2. The van der Waals surface area contributed by atoms with Crippen LogP contribution in [0.3, 0.4) is 0 Å². The third-order valence-corrected chi connectivity index (χ3v) is 4.52. The van der Waals surface area contributed by atoms with E-state index in [4.69, 9.17) is 5.11 Å². The highest BCUT2D eigenvalue weighted by Gasteiger charge is 2.10. The van der Waals surface area contributed by atoms with Gasteiger partial charge in [-0.15, -0.1) is 0 Å². The molecule has 120 valence electrons. The van der Waals surface area contributed by atoms with Gasteiger partial charge in [0.15, 0.2) is 9.84 Å². The van der Waals surface area contributed by atoms with E-state index in [9.17, 15) is 13.5 Å². The van der Waals surface area contributed by atoms with Crippen LogP contribution >= 0.6 is 0 Å². The van der Waals surface area contributed by atoms with Gasteiger partial charge in [-0.2, -0.15) is 0 Å². The van der Waals surface area contributed by atoms with Gasteiger partial charge in [-0.3, -0.25) is 0 Å². The molecule has 0 aliphatic rings. The summed E-state index contributed by atoms with van der Waals surface area (Å²) >= 11 is 0. The lowest BCUT2D eigenvalue weighted by Crippen LogP contribution is -2.23. The second kappa shape index (κ2) is 8.48. The lowest BCUT2D eigenvalue weighted by Gasteiger charge is -2.13. The molecule has 0 spiro atoms. The van der Waals surface area contributed by atoms with Crippen LogP contribution in [-0.2, 0) is 9.84 Å². The van der Waals surface area contributed by atoms with Crippen LogP contribution in [-0.4, -0.2) is 44.6 Å². The Morgan fingerprint density at radius 1 is 1.24 bits per heavy atom. The molecule has 1 rings (SSSR count). The summed E-state index contributed by atoms with van der Waals surface area (Å²) in [5.74, 6) is 0.306. The van der Waals surface area contributed by atoms with Crippen molar-refractivity contribution in [3.8, 4) is 0 Å². The van der Waals surface area contributed by atoms with Gasteiger partial charge in [0.05, 0.1) is 11.0 Å². The number of rotatable bonds is 9. The van der Waals surface area contributed by atoms with Gasteiger partial charge in [0.1, 0.15) is 0 Å². The number of benzene rings is 1. The second-order valence-electron chi connectivity index (χ2n) is 5.49. The SMILES string of the molecule is CC(CO)CCCNCC(O)c1ccc(S(C)(=O)=O)cc1. The van der Waals surface area contributed by atoms with Crippen molar-refractivity contribution in [2.24, 2.45) is 5.92 Å². The Bertz CT molecular complexity index is 513.